The van der Waals surface area contributed by atoms with Crippen molar-refractivity contribution in [2.24, 2.45) is 0 Å². The number of ether oxygens (including phenoxy) is 1. The fourth-order valence-electron chi connectivity index (χ4n) is 1.14. The zero-order valence-corrected chi connectivity index (χ0v) is 9.86. The van der Waals surface area contributed by atoms with E-state index in [1.54, 1.807) is 5.38 Å². The van der Waals surface area contributed by atoms with Crippen molar-refractivity contribution in [1.82, 2.24) is 10.1 Å². The molecule has 0 unspecified atom stereocenters. The van der Waals surface area contributed by atoms with Crippen molar-refractivity contribution >= 4 is 17.3 Å². The summed E-state index contributed by atoms with van der Waals surface area (Å²) in [5.74, 6) is 0.532. The van der Waals surface area contributed by atoms with Gasteiger partial charge in [-0.25, -0.2) is 4.79 Å². The average molecular weight is 254 g/mol. The summed E-state index contributed by atoms with van der Waals surface area (Å²) in [4.78, 5) is 15.0. The number of aryl methyl sites for hydroxylation is 1. The van der Waals surface area contributed by atoms with Gasteiger partial charge < -0.3 is 14.4 Å². The Morgan fingerprint density at radius 2 is 2.47 bits per heavy atom. The lowest BCUT2D eigenvalue weighted by atomic mass is 10.4. The minimum atomic E-state index is -0.962. The van der Waals surface area contributed by atoms with Gasteiger partial charge in [-0.2, -0.15) is 4.98 Å². The van der Waals surface area contributed by atoms with Crippen LogP contribution in [0.2, 0.25) is 0 Å². The number of hydrogen-bond acceptors (Lipinski definition) is 6. The third-order valence-corrected chi connectivity index (χ3v) is 2.87. The Morgan fingerprint density at radius 3 is 3.06 bits per heavy atom. The van der Waals surface area contributed by atoms with Gasteiger partial charge in [0, 0.05) is 17.9 Å². The molecule has 90 valence electrons. The highest BCUT2D eigenvalue weighted by atomic mass is 32.1. The number of aromatic carboxylic acids is 1. The van der Waals surface area contributed by atoms with Crippen molar-refractivity contribution in [2.45, 2.75) is 20.0 Å². The quantitative estimate of drug-likeness (QED) is 0.877. The van der Waals surface area contributed by atoms with E-state index in [0.717, 1.165) is 11.3 Å². The Labute approximate surface area is 101 Å². The molecule has 0 aliphatic carbocycles. The molecule has 7 heteroatoms. The fraction of sp³-hybridized carbons (Fsp3) is 0.300. The summed E-state index contributed by atoms with van der Waals surface area (Å²) in [7, 11) is 0. The SMILES string of the molecule is CCc1noc(COc2csc(C(=O)O)c2)n1. The van der Waals surface area contributed by atoms with E-state index in [4.69, 9.17) is 14.4 Å². The Hall–Kier alpha value is -1.89. The van der Waals surface area contributed by atoms with Crippen molar-refractivity contribution in [3.8, 4) is 5.75 Å². The molecule has 17 heavy (non-hydrogen) atoms. The number of hydrogen-bond donors (Lipinski definition) is 1. The molecule has 0 atom stereocenters. The van der Waals surface area contributed by atoms with Crippen LogP contribution in [0.25, 0.3) is 0 Å². The standard InChI is InChI=1S/C10H10N2O4S/c1-2-8-11-9(16-12-8)4-15-6-3-7(10(13)14)17-5-6/h3,5H,2,4H2,1H3,(H,13,14). The van der Waals surface area contributed by atoms with E-state index < -0.39 is 5.97 Å². The summed E-state index contributed by atoms with van der Waals surface area (Å²) in [5, 5.41) is 14.1. The molecule has 1 N–H and O–H groups in total. The first-order valence-electron chi connectivity index (χ1n) is 4.95. The first-order chi connectivity index (χ1) is 8.19. The summed E-state index contributed by atoms with van der Waals surface area (Å²) in [6.45, 7) is 2.07. The van der Waals surface area contributed by atoms with Crippen LogP contribution >= 0.6 is 11.3 Å². The molecule has 2 rings (SSSR count). The van der Waals surface area contributed by atoms with Crippen LogP contribution in [0.4, 0.5) is 0 Å². The van der Waals surface area contributed by atoms with Crippen LogP contribution in [-0.4, -0.2) is 21.2 Å². The number of rotatable bonds is 5. The molecule has 0 radical (unpaired) electrons. The summed E-state index contributed by atoms with van der Waals surface area (Å²) < 4.78 is 10.3. The van der Waals surface area contributed by atoms with Crippen molar-refractivity contribution in [1.29, 1.82) is 0 Å². The first-order valence-corrected chi connectivity index (χ1v) is 5.83. The molecular formula is C10H10N2O4S. The van der Waals surface area contributed by atoms with E-state index >= 15 is 0 Å². The Balaban J connectivity index is 1.94. The molecular weight excluding hydrogens is 244 g/mol. The van der Waals surface area contributed by atoms with Gasteiger partial charge in [-0.1, -0.05) is 12.1 Å². The van der Waals surface area contributed by atoms with Crippen LogP contribution in [0.15, 0.2) is 16.0 Å². The molecule has 0 aliphatic heterocycles. The maximum Gasteiger partial charge on any atom is 0.346 e. The van der Waals surface area contributed by atoms with Crippen molar-refractivity contribution in [2.75, 3.05) is 0 Å². The molecule has 0 aromatic carbocycles. The Morgan fingerprint density at radius 1 is 1.65 bits per heavy atom. The lowest BCUT2D eigenvalue weighted by molar-refractivity contribution is 0.0702. The monoisotopic (exact) mass is 254 g/mol. The van der Waals surface area contributed by atoms with E-state index in [1.807, 2.05) is 6.92 Å². The van der Waals surface area contributed by atoms with E-state index in [9.17, 15) is 4.79 Å². The van der Waals surface area contributed by atoms with Gasteiger partial charge in [0.25, 0.3) is 5.89 Å². The van der Waals surface area contributed by atoms with Gasteiger partial charge in [-0.05, 0) is 0 Å². The van der Waals surface area contributed by atoms with Crippen LogP contribution < -0.4 is 4.74 Å². The highest BCUT2D eigenvalue weighted by Crippen LogP contribution is 2.22. The number of carbonyl (C=O) groups is 1. The molecule has 6 nitrogen and oxygen atoms in total. The highest BCUT2D eigenvalue weighted by molar-refractivity contribution is 7.12. The van der Waals surface area contributed by atoms with Gasteiger partial charge in [0.2, 0.25) is 0 Å². The predicted molar refractivity (Wildman–Crippen MR) is 59.3 cm³/mol. The number of aromatic nitrogens is 2. The maximum atomic E-state index is 10.6. The molecule has 2 aromatic heterocycles. The fourth-order valence-corrected chi connectivity index (χ4v) is 1.81. The van der Waals surface area contributed by atoms with E-state index in [2.05, 4.69) is 10.1 Å². The van der Waals surface area contributed by atoms with Gasteiger partial charge in [0.1, 0.15) is 10.6 Å². The van der Waals surface area contributed by atoms with Crippen LogP contribution in [0, 0.1) is 0 Å². The van der Waals surface area contributed by atoms with Crippen molar-refractivity contribution in [3.05, 3.63) is 28.0 Å². The molecule has 2 aromatic rings. The third-order valence-electron chi connectivity index (χ3n) is 1.97. The molecule has 2 heterocycles. The zero-order chi connectivity index (χ0) is 12.3. The van der Waals surface area contributed by atoms with Crippen LogP contribution in [0.1, 0.15) is 28.3 Å². The number of carboxylic acids is 1. The zero-order valence-electron chi connectivity index (χ0n) is 9.04. The minimum absolute atomic E-state index is 0.142. The van der Waals surface area contributed by atoms with Gasteiger partial charge >= 0.3 is 5.97 Å². The lowest BCUT2D eigenvalue weighted by Crippen LogP contribution is -1.95. The number of thiophene rings is 1. The Bertz CT molecular complexity index is 520. The molecule has 0 bridgehead atoms. The number of nitrogens with zero attached hydrogens (tertiary/aromatic N) is 2. The first kappa shape index (κ1) is 11.6. The van der Waals surface area contributed by atoms with E-state index in [0.29, 0.717) is 23.9 Å². The largest absolute Gasteiger partial charge is 0.483 e. The van der Waals surface area contributed by atoms with Crippen LogP contribution in [-0.2, 0) is 13.0 Å². The molecule has 0 spiro atoms. The topological polar surface area (TPSA) is 85.5 Å². The van der Waals surface area contributed by atoms with Gasteiger partial charge in [0.15, 0.2) is 12.4 Å². The highest BCUT2D eigenvalue weighted by Gasteiger charge is 2.09. The summed E-state index contributed by atoms with van der Waals surface area (Å²) in [5.41, 5.74) is 0. The number of carboxylic acid groups (broad SMARTS) is 1. The van der Waals surface area contributed by atoms with Crippen molar-refractivity contribution < 1.29 is 19.2 Å². The summed E-state index contributed by atoms with van der Waals surface area (Å²) >= 11 is 1.11. The molecule has 0 fully saturated rings. The lowest BCUT2D eigenvalue weighted by Gasteiger charge is -1.97. The normalized spacial score (nSPS) is 10.4. The second-order valence-electron chi connectivity index (χ2n) is 3.20. The summed E-state index contributed by atoms with van der Waals surface area (Å²) in [6.07, 6.45) is 0.700. The maximum absolute atomic E-state index is 10.6. The minimum Gasteiger partial charge on any atom is -0.483 e. The van der Waals surface area contributed by atoms with Gasteiger partial charge in [-0.15, -0.1) is 11.3 Å². The van der Waals surface area contributed by atoms with Gasteiger partial charge in [0.05, 0.1) is 0 Å². The smallest absolute Gasteiger partial charge is 0.346 e. The second-order valence-corrected chi connectivity index (χ2v) is 4.11. The Kier molecular flexibility index (Phi) is 3.38. The average Bonchev–Trinajstić information content (AvgIpc) is 2.95. The van der Waals surface area contributed by atoms with E-state index in [-0.39, 0.29) is 11.5 Å². The molecule has 0 saturated carbocycles. The van der Waals surface area contributed by atoms with Crippen LogP contribution in [0.5, 0.6) is 5.75 Å². The molecule has 0 saturated heterocycles. The van der Waals surface area contributed by atoms with Gasteiger partial charge in [-0.3, -0.25) is 0 Å². The van der Waals surface area contributed by atoms with E-state index in [1.165, 1.54) is 6.07 Å². The van der Waals surface area contributed by atoms with Crippen molar-refractivity contribution in [3.63, 3.8) is 0 Å². The molecule has 0 aliphatic rings. The third kappa shape index (κ3) is 2.82. The second kappa shape index (κ2) is 4.96. The predicted octanol–water partition coefficient (Wildman–Crippen LogP) is 1.97. The summed E-state index contributed by atoms with van der Waals surface area (Å²) in [6, 6.07) is 1.46. The molecule has 0 amide bonds. The van der Waals surface area contributed by atoms with Crippen LogP contribution in [0.3, 0.4) is 0 Å².